The van der Waals surface area contributed by atoms with E-state index < -0.39 is 0 Å². The number of benzene rings is 1. The zero-order valence-corrected chi connectivity index (χ0v) is 12.8. The zero-order chi connectivity index (χ0) is 14.5. The van der Waals surface area contributed by atoms with Crippen LogP contribution in [0.15, 0.2) is 18.2 Å². The van der Waals surface area contributed by atoms with Gasteiger partial charge in [-0.05, 0) is 37.3 Å². The molecule has 0 aromatic heterocycles. The molecule has 108 valence electrons. The molecule has 0 unspecified atom stereocenters. The Bertz CT molecular complexity index is 519. The summed E-state index contributed by atoms with van der Waals surface area (Å²) in [5, 5.41) is 11.8. The van der Waals surface area contributed by atoms with E-state index in [-0.39, 0.29) is 16.5 Å². The van der Waals surface area contributed by atoms with Crippen molar-refractivity contribution in [3.05, 3.63) is 33.9 Å². The maximum Gasteiger partial charge on any atom is 0.269 e. The Morgan fingerprint density at radius 3 is 2.80 bits per heavy atom. The molecule has 2 rings (SSSR count). The molecule has 1 aliphatic rings. The molecule has 1 aromatic carbocycles. The van der Waals surface area contributed by atoms with Gasteiger partial charge in [0.25, 0.3) is 5.69 Å². The van der Waals surface area contributed by atoms with Gasteiger partial charge in [-0.2, -0.15) is 0 Å². The molecule has 0 saturated heterocycles. The van der Waals surface area contributed by atoms with Crippen LogP contribution in [0, 0.1) is 10.1 Å². The first-order valence-electron chi connectivity index (χ1n) is 6.77. The highest BCUT2D eigenvalue weighted by Crippen LogP contribution is 2.30. The lowest BCUT2D eigenvalue weighted by Gasteiger charge is -2.22. The van der Waals surface area contributed by atoms with E-state index in [4.69, 9.17) is 0 Å². The molecule has 6 heteroatoms. The van der Waals surface area contributed by atoms with E-state index >= 15 is 0 Å². The quantitative estimate of drug-likeness (QED) is 0.357. The van der Waals surface area contributed by atoms with Gasteiger partial charge in [0, 0.05) is 36.1 Å². The van der Waals surface area contributed by atoms with E-state index in [1.165, 1.54) is 6.07 Å². The standard InChI is InChI=1S/C14H17BrN2O3/c15-8-1-2-9-16-13-7-6-12(17(19)20)10-11(13)4-3-5-14(16)18/h6-7,10H,1-5,8-9H2. The molecule has 5 nitrogen and oxygen atoms in total. The van der Waals surface area contributed by atoms with Gasteiger partial charge < -0.3 is 4.90 Å². The first kappa shape index (κ1) is 15.0. The van der Waals surface area contributed by atoms with Gasteiger partial charge in [0.05, 0.1) is 4.92 Å². The zero-order valence-electron chi connectivity index (χ0n) is 11.2. The van der Waals surface area contributed by atoms with Crippen LogP contribution in [0.1, 0.15) is 31.2 Å². The van der Waals surface area contributed by atoms with Crippen molar-refractivity contribution < 1.29 is 9.72 Å². The third kappa shape index (κ3) is 3.36. The predicted molar refractivity (Wildman–Crippen MR) is 81.4 cm³/mol. The number of carbonyl (C=O) groups is 1. The number of rotatable bonds is 5. The van der Waals surface area contributed by atoms with E-state index in [2.05, 4.69) is 15.9 Å². The topological polar surface area (TPSA) is 63.4 Å². The molecule has 1 aromatic rings. The number of hydrogen-bond donors (Lipinski definition) is 0. The largest absolute Gasteiger partial charge is 0.312 e. The number of halogens is 1. The lowest BCUT2D eigenvalue weighted by atomic mass is 10.1. The van der Waals surface area contributed by atoms with Crippen molar-refractivity contribution >= 4 is 33.2 Å². The van der Waals surface area contributed by atoms with E-state index in [0.717, 1.165) is 42.3 Å². The second-order valence-corrected chi connectivity index (χ2v) is 5.66. The van der Waals surface area contributed by atoms with Gasteiger partial charge in [0.1, 0.15) is 0 Å². The fourth-order valence-electron chi connectivity index (χ4n) is 2.46. The Labute approximate surface area is 126 Å². The average Bonchev–Trinajstić information content (AvgIpc) is 2.58. The van der Waals surface area contributed by atoms with Gasteiger partial charge in [0.15, 0.2) is 0 Å². The smallest absolute Gasteiger partial charge is 0.269 e. The highest BCUT2D eigenvalue weighted by atomic mass is 79.9. The molecular formula is C14H17BrN2O3. The fourth-order valence-corrected chi connectivity index (χ4v) is 2.85. The van der Waals surface area contributed by atoms with Crippen molar-refractivity contribution in [2.45, 2.75) is 32.1 Å². The highest BCUT2D eigenvalue weighted by molar-refractivity contribution is 9.09. The summed E-state index contributed by atoms with van der Waals surface area (Å²) in [6, 6.07) is 4.80. The number of nitrogens with zero attached hydrogens (tertiary/aromatic N) is 2. The average molecular weight is 341 g/mol. The normalized spacial score (nSPS) is 14.8. The Kier molecular flexibility index (Phi) is 5.11. The number of carbonyl (C=O) groups excluding carboxylic acids is 1. The van der Waals surface area contributed by atoms with Crippen LogP contribution in [0.25, 0.3) is 0 Å². The van der Waals surface area contributed by atoms with Crippen LogP contribution in [-0.2, 0) is 11.2 Å². The minimum absolute atomic E-state index is 0.0958. The lowest BCUT2D eigenvalue weighted by Crippen LogP contribution is -2.31. The summed E-state index contributed by atoms with van der Waals surface area (Å²) in [6.45, 7) is 0.676. The van der Waals surface area contributed by atoms with Gasteiger partial charge in [-0.15, -0.1) is 0 Å². The molecular weight excluding hydrogens is 324 g/mol. The maximum absolute atomic E-state index is 12.2. The Morgan fingerprint density at radius 2 is 2.10 bits per heavy atom. The highest BCUT2D eigenvalue weighted by Gasteiger charge is 2.23. The van der Waals surface area contributed by atoms with Crippen LogP contribution < -0.4 is 4.90 Å². The molecule has 0 radical (unpaired) electrons. The summed E-state index contributed by atoms with van der Waals surface area (Å²) in [7, 11) is 0. The third-order valence-corrected chi connectivity index (χ3v) is 4.03. The van der Waals surface area contributed by atoms with Crippen LogP contribution >= 0.6 is 15.9 Å². The summed E-state index contributed by atoms with van der Waals surface area (Å²) in [6.07, 6.45) is 3.91. The number of alkyl halides is 1. The van der Waals surface area contributed by atoms with E-state index in [9.17, 15) is 14.9 Å². The Morgan fingerprint density at radius 1 is 1.30 bits per heavy atom. The molecule has 0 spiro atoms. The van der Waals surface area contributed by atoms with E-state index in [1.54, 1.807) is 17.0 Å². The predicted octanol–water partition coefficient (Wildman–Crippen LogP) is 3.44. The van der Waals surface area contributed by atoms with Crippen molar-refractivity contribution in [1.82, 2.24) is 0 Å². The molecule has 0 bridgehead atoms. The van der Waals surface area contributed by atoms with E-state index in [0.29, 0.717) is 13.0 Å². The molecule has 1 amide bonds. The molecule has 1 aliphatic heterocycles. The number of aryl methyl sites for hydroxylation is 1. The first-order chi connectivity index (χ1) is 9.63. The van der Waals surface area contributed by atoms with Gasteiger partial charge >= 0.3 is 0 Å². The number of fused-ring (bicyclic) bond motifs is 1. The Balaban J connectivity index is 2.29. The van der Waals surface area contributed by atoms with Crippen LogP contribution in [0.2, 0.25) is 0 Å². The second kappa shape index (κ2) is 6.83. The molecule has 0 fully saturated rings. The van der Waals surface area contributed by atoms with Gasteiger partial charge in [-0.1, -0.05) is 15.9 Å². The van der Waals surface area contributed by atoms with Crippen molar-refractivity contribution in [2.75, 3.05) is 16.8 Å². The summed E-state index contributed by atoms with van der Waals surface area (Å²) in [4.78, 5) is 24.4. The van der Waals surface area contributed by atoms with Crippen LogP contribution in [0.3, 0.4) is 0 Å². The number of nitro benzene ring substituents is 1. The van der Waals surface area contributed by atoms with Crippen molar-refractivity contribution in [2.24, 2.45) is 0 Å². The van der Waals surface area contributed by atoms with Gasteiger partial charge in [-0.25, -0.2) is 0 Å². The fraction of sp³-hybridized carbons (Fsp3) is 0.500. The van der Waals surface area contributed by atoms with Crippen molar-refractivity contribution in [1.29, 1.82) is 0 Å². The minimum Gasteiger partial charge on any atom is -0.312 e. The van der Waals surface area contributed by atoms with Crippen LogP contribution in [-0.4, -0.2) is 22.7 Å². The van der Waals surface area contributed by atoms with Crippen LogP contribution in [0.5, 0.6) is 0 Å². The lowest BCUT2D eigenvalue weighted by molar-refractivity contribution is -0.384. The number of nitro groups is 1. The maximum atomic E-state index is 12.2. The molecule has 1 heterocycles. The summed E-state index contributed by atoms with van der Waals surface area (Å²) >= 11 is 3.38. The molecule has 20 heavy (non-hydrogen) atoms. The number of unbranched alkanes of at least 4 members (excludes halogenated alkanes) is 1. The van der Waals surface area contributed by atoms with Crippen LogP contribution in [0.4, 0.5) is 11.4 Å². The van der Waals surface area contributed by atoms with Gasteiger partial charge in [0.2, 0.25) is 5.91 Å². The number of hydrogen-bond acceptors (Lipinski definition) is 3. The monoisotopic (exact) mass is 340 g/mol. The third-order valence-electron chi connectivity index (χ3n) is 3.47. The second-order valence-electron chi connectivity index (χ2n) is 4.87. The van der Waals surface area contributed by atoms with E-state index in [1.807, 2.05) is 0 Å². The Hall–Kier alpha value is -1.43. The summed E-state index contributed by atoms with van der Waals surface area (Å²) in [5.41, 5.74) is 1.84. The molecule has 0 saturated carbocycles. The van der Waals surface area contributed by atoms with Gasteiger partial charge in [-0.3, -0.25) is 14.9 Å². The molecule has 0 atom stereocenters. The SMILES string of the molecule is O=C1CCCc2cc([N+](=O)[O-])ccc2N1CCCCBr. The van der Waals surface area contributed by atoms with Crippen molar-refractivity contribution in [3.8, 4) is 0 Å². The van der Waals surface area contributed by atoms with Crippen molar-refractivity contribution in [3.63, 3.8) is 0 Å². The number of non-ortho nitro benzene ring substituents is 1. The summed E-state index contributed by atoms with van der Waals surface area (Å²) in [5.74, 6) is 0.118. The first-order valence-corrected chi connectivity index (χ1v) is 7.89. The number of anilines is 1. The minimum atomic E-state index is -0.387. The number of amides is 1. The summed E-state index contributed by atoms with van der Waals surface area (Å²) < 4.78 is 0. The molecule has 0 aliphatic carbocycles. The molecule has 0 N–H and O–H groups in total.